The molecule has 13 heavy (non-hydrogen) atoms. The molecule has 3 heteroatoms. The molecule has 0 saturated heterocycles. The summed E-state index contributed by atoms with van der Waals surface area (Å²) < 4.78 is 5.17. The first-order valence-electron chi connectivity index (χ1n) is 4.01. The Bertz CT molecular complexity index is 382. The van der Waals surface area contributed by atoms with Gasteiger partial charge in [0.15, 0.2) is 5.76 Å². The fraction of sp³-hybridized carbons (Fsp3) is 0.100. The van der Waals surface area contributed by atoms with Gasteiger partial charge in [-0.3, -0.25) is 0 Å². The normalized spacial score (nSPS) is 10.2. The predicted octanol–water partition coefficient (Wildman–Crippen LogP) is 1.83. The number of furan rings is 1. The average molecular weight is 175 g/mol. The Morgan fingerprint density at radius 1 is 1.23 bits per heavy atom. The summed E-state index contributed by atoms with van der Waals surface area (Å²) in [5.41, 5.74) is 1.39. The lowest BCUT2D eigenvalue weighted by atomic mass is 10.2. The highest BCUT2D eigenvalue weighted by atomic mass is 16.3. The van der Waals surface area contributed by atoms with Crippen LogP contribution < -0.4 is 0 Å². The molecule has 2 aromatic rings. The van der Waals surface area contributed by atoms with E-state index in [9.17, 15) is 0 Å². The molecule has 0 aliphatic heterocycles. The van der Waals surface area contributed by atoms with E-state index < -0.39 is 0 Å². The van der Waals surface area contributed by atoms with Crippen molar-refractivity contribution in [3.05, 3.63) is 42.3 Å². The fourth-order valence-electron chi connectivity index (χ4n) is 1.13. The van der Waals surface area contributed by atoms with Crippen LogP contribution in [0.1, 0.15) is 5.69 Å². The van der Waals surface area contributed by atoms with Crippen LogP contribution in [0.4, 0.5) is 0 Å². The number of hydrogen-bond acceptors (Lipinski definition) is 3. The number of aliphatic hydroxyl groups excluding tert-OH is 1. The van der Waals surface area contributed by atoms with Gasteiger partial charge in [0.2, 0.25) is 0 Å². The third kappa shape index (κ3) is 1.60. The molecule has 2 heterocycles. The van der Waals surface area contributed by atoms with Crippen LogP contribution in [0.15, 0.2) is 41.0 Å². The number of aromatic nitrogens is 1. The van der Waals surface area contributed by atoms with Crippen molar-refractivity contribution in [2.75, 3.05) is 0 Å². The van der Waals surface area contributed by atoms with Crippen molar-refractivity contribution >= 4 is 0 Å². The monoisotopic (exact) mass is 175 g/mol. The SMILES string of the molecule is OCc1cccc(-c2ccco2)n1. The van der Waals surface area contributed by atoms with Gasteiger partial charge in [-0.2, -0.15) is 0 Å². The Kier molecular flexibility index (Phi) is 2.10. The van der Waals surface area contributed by atoms with Gasteiger partial charge in [0, 0.05) is 0 Å². The van der Waals surface area contributed by atoms with Crippen LogP contribution in [-0.4, -0.2) is 10.1 Å². The number of nitrogens with zero attached hydrogens (tertiary/aromatic N) is 1. The summed E-state index contributed by atoms with van der Waals surface area (Å²) in [6, 6.07) is 9.10. The Balaban J connectivity index is 2.41. The quantitative estimate of drug-likeness (QED) is 0.757. The first-order valence-corrected chi connectivity index (χ1v) is 4.01. The Morgan fingerprint density at radius 3 is 2.85 bits per heavy atom. The van der Waals surface area contributed by atoms with E-state index in [1.807, 2.05) is 24.3 Å². The van der Waals surface area contributed by atoms with Gasteiger partial charge in [0.05, 0.1) is 18.6 Å². The van der Waals surface area contributed by atoms with Gasteiger partial charge in [-0.05, 0) is 24.3 Å². The first-order chi connectivity index (χ1) is 6.40. The van der Waals surface area contributed by atoms with Gasteiger partial charge < -0.3 is 9.52 Å². The number of pyridine rings is 1. The van der Waals surface area contributed by atoms with E-state index in [1.165, 1.54) is 0 Å². The largest absolute Gasteiger partial charge is 0.463 e. The maximum Gasteiger partial charge on any atom is 0.152 e. The Morgan fingerprint density at radius 2 is 2.15 bits per heavy atom. The first kappa shape index (κ1) is 8.01. The highest BCUT2D eigenvalue weighted by molar-refractivity contribution is 5.51. The van der Waals surface area contributed by atoms with Gasteiger partial charge in [-0.25, -0.2) is 4.98 Å². The van der Waals surface area contributed by atoms with E-state index in [2.05, 4.69) is 4.98 Å². The molecule has 0 saturated carbocycles. The van der Waals surface area contributed by atoms with Gasteiger partial charge in [-0.15, -0.1) is 0 Å². The van der Waals surface area contributed by atoms with E-state index in [0.29, 0.717) is 5.69 Å². The Hall–Kier alpha value is -1.61. The smallest absolute Gasteiger partial charge is 0.152 e. The second kappa shape index (κ2) is 3.41. The van der Waals surface area contributed by atoms with Crippen molar-refractivity contribution in [3.63, 3.8) is 0 Å². The predicted molar refractivity (Wildman–Crippen MR) is 47.9 cm³/mol. The van der Waals surface area contributed by atoms with Gasteiger partial charge in [0.25, 0.3) is 0 Å². The van der Waals surface area contributed by atoms with Crippen LogP contribution in [0.2, 0.25) is 0 Å². The molecule has 0 amide bonds. The minimum Gasteiger partial charge on any atom is -0.463 e. The van der Waals surface area contributed by atoms with Gasteiger partial charge in [-0.1, -0.05) is 6.07 Å². The number of rotatable bonds is 2. The number of aliphatic hydroxyl groups is 1. The molecule has 66 valence electrons. The maximum atomic E-state index is 8.87. The summed E-state index contributed by atoms with van der Waals surface area (Å²) in [5, 5.41) is 8.87. The summed E-state index contributed by atoms with van der Waals surface area (Å²) in [4.78, 5) is 4.19. The van der Waals surface area contributed by atoms with Crippen molar-refractivity contribution in [2.45, 2.75) is 6.61 Å². The van der Waals surface area contributed by atoms with Crippen molar-refractivity contribution in [2.24, 2.45) is 0 Å². The van der Waals surface area contributed by atoms with Crippen LogP contribution in [0.25, 0.3) is 11.5 Å². The third-order valence-electron chi connectivity index (χ3n) is 1.74. The van der Waals surface area contributed by atoms with Gasteiger partial charge >= 0.3 is 0 Å². The van der Waals surface area contributed by atoms with E-state index in [0.717, 1.165) is 11.5 Å². The summed E-state index contributed by atoms with van der Waals surface area (Å²) in [5.74, 6) is 0.718. The topological polar surface area (TPSA) is 46.3 Å². The standard InChI is InChI=1S/C10H9NO2/c12-7-8-3-1-4-9(11-8)10-5-2-6-13-10/h1-6,12H,7H2. The van der Waals surface area contributed by atoms with Crippen molar-refractivity contribution in [1.29, 1.82) is 0 Å². The molecule has 0 aromatic carbocycles. The second-order valence-corrected chi connectivity index (χ2v) is 2.65. The van der Waals surface area contributed by atoms with Gasteiger partial charge in [0.1, 0.15) is 5.69 Å². The molecule has 3 nitrogen and oxygen atoms in total. The third-order valence-corrected chi connectivity index (χ3v) is 1.74. The summed E-state index contributed by atoms with van der Waals surface area (Å²) >= 11 is 0. The zero-order valence-electron chi connectivity index (χ0n) is 6.97. The van der Waals surface area contributed by atoms with Crippen molar-refractivity contribution in [1.82, 2.24) is 4.98 Å². The zero-order valence-corrected chi connectivity index (χ0v) is 6.97. The summed E-state index contributed by atoms with van der Waals surface area (Å²) in [7, 11) is 0. The van der Waals surface area contributed by atoms with E-state index in [1.54, 1.807) is 12.3 Å². The zero-order chi connectivity index (χ0) is 9.10. The van der Waals surface area contributed by atoms with Crippen LogP contribution in [0, 0.1) is 0 Å². The molecule has 0 atom stereocenters. The highest BCUT2D eigenvalue weighted by Crippen LogP contribution is 2.16. The average Bonchev–Trinajstić information content (AvgIpc) is 2.71. The minimum atomic E-state index is -0.0471. The molecule has 0 aliphatic carbocycles. The molecule has 0 unspecified atom stereocenters. The fourth-order valence-corrected chi connectivity index (χ4v) is 1.13. The van der Waals surface area contributed by atoms with Crippen LogP contribution in [0.3, 0.4) is 0 Å². The lowest BCUT2D eigenvalue weighted by molar-refractivity contribution is 0.277. The lowest BCUT2D eigenvalue weighted by Crippen LogP contribution is -1.89. The van der Waals surface area contributed by atoms with Crippen LogP contribution in [-0.2, 0) is 6.61 Å². The molecule has 0 aliphatic rings. The van der Waals surface area contributed by atoms with Crippen molar-refractivity contribution in [3.8, 4) is 11.5 Å². The second-order valence-electron chi connectivity index (χ2n) is 2.65. The highest BCUT2D eigenvalue weighted by Gasteiger charge is 2.01. The van der Waals surface area contributed by atoms with Crippen LogP contribution >= 0.6 is 0 Å². The molecule has 2 rings (SSSR count). The molecule has 0 radical (unpaired) electrons. The van der Waals surface area contributed by atoms with Crippen molar-refractivity contribution < 1.29 is 9.52 Å². The maximum absolute atomic E-state index is 8.87. The van der Waals surface area contributed by atoms with E-state index in [-0.39, 0.29) is 6.61 Å². The molecule has 0 bridgehead atoms. The van der Waals surface area contributed by atoms with E-state index >= 15 is 0 Å². The molecule has 2 aromatic heterocycles. The lowest BCUT2D eigenvalue weighted by Gasteiger charge is -1.98. The number of hydrogen-bond donors (Lipinski definition) is 1. The molecule has 0 fully saturated rings. The molecule has 1 N–H and O–H groups in total. The Labute approximate surface area is 75.7 Å². The van der Waals surface area contributed by atoms with Crippen LogP contribution in [0.5, 0.6) is 0 Å². The summed E-state index contributed by atoms with van der Waals surface area (Å²) in [6.07, 6.45) is 1.60. The minimum absolute atomic E-state index is 0.0471. The molecule has 0 spiro atoms. The van der Waals surface area contributed by atoms with E-state index in [4.69, 9.17) is 9.52 Å². The molecular formula is C10H9NO2. The summed E-state index contributed by atoms with van der Waals surface area (Å²) in [6.45, 7) is -0.0471. The molecular weight excluding hydrogens is 166 g/mol.